The highest BCUT2D eigenvalue weighted by Crippen LogP contribution is 1.97. The predicted molar refractivity (Wildman–Crippen MR) is 67.8 cm³/mol. The van der Waals surface area contributed by atoms with Crippen LogP contribution in [0, 0.1) is 0 Å². The Hall–Kier alpha value is -1.55. The largest absolute Gasteiger partial charge is 0.380 e. The van der Waals surface area contributed by atoms with Gasteiger partial charge >= 0.3 is 6.03 Å². The van der Waals surface area contributed by atoms with Crippen LogP contribution in [0.5, 0.6) is 0 Å². The molecule has 0 saturated carbocycles. The summed E-state index contributed by atoms with van der Waals surface area (Å²) in [5, 5.41) is 5.58. The lowest BCUT2D eigenvalue weighted by atomic mass is 10.2. The first-order chi connectivity index (χ1) is 8.26. The molecule has 1 unspecified atom stereocenters. The number of amides is 2. The number of carbonyl (C=O) groups excluding carboxylic acids is 1. The molecule has 0 heterocycles. The molecule has 4 nitrogen and oxygen atoms in total. The molecule has 94 valence electrons. The molecular weight excluding hydrogens is 216 g/mol. The first-order valence-electron chi connectivity index (χ1n) is 5.84. The van der Waals surface area contributed by atoms with E-state index in [1.165, 1.54) is 0 Å². The van der Waals surface area contributed by atoms with Crippen molar-refractivity contribution in [2.45, 2.75) is 26.0 Å². The molecule has 0 radical (unpaired) electrons. The van der Waals surface area contributed by atoms with Crippen LogP contribution in [0.15, 0.2) is 30.3 Å². The molecule has 0 bridgehead atoms. The van der Waals surface area contributed by atoms with E-state index in [9.17, 15) is 4.79 Å². The van der Waals surface area contributed by atoms with Crippen molar-refractivity contribution in [3.8, 4) is 0 Å². The smallest absolute Gasteiger partial charge is 0.315 e. The van der Waals surface area contributed by atoms with Crippen molar-refractivity contribution in [2.75, 3.05) is 13.7 Å². The van der Waals surface area contributed by atoms with E-state index in [0.717, 1.165) is 12.0 Å². The molecule has 1 atom stereocenters. The number of hydrogen-bond donors (Lipinski definition) is 2. The van der Waals surface area contributed by atoms with E-state index in [1.54, 1.807) is 7.11 Å². The zero-order valence-corrected chi connectivity index (χ0v) is 10.4. The summed E-state index contributed by atoms with van der Waals surface area (Å²) in [5.41, 5.74) is 1.08. The second kappa shape index (κ2) is 7.68. The number of hydrogen-bond acceptors (Lipinski definition) is 2. The summed E-state index contributed by atoms with van der Waals surface area (Å²) in [6.45, 7) is 3.10. The highest BCUT2D eigenvalue weighted by molar-refractivity contribution is 5.73. The van der Waals surface area contributed by atoms with Gasteiger partial charge in [-0.1, -0.05) is 37.3 Å². The maximum Gasteiger partial charge on any atom is 0.315 e. The Balaban J connectivity index is 2.22. The van der Waals surface area contributed by atoms with Crippen LogP contribution in [0.25, 0.3) is 0 Å². The Morgan fingerprint density at radius 1 is 1.29 bits per heavy atom. The normalized spacial score (nSPS) is 11.9. The molecule has 1 rings (SSSR count). The van der Waals surface area contributed by atoms with Crippen molar-refractivity contribution in [1.82, 2.24) is 10.6 Å². The van der Waals surface area contributed by atoms with Crippen LogP contribution in [0.3, 0.4) is 0 Å². The van der Waals surface area contributed by atoms with Gasteiger partial charge in [0.1, 0.15) is 0 Å². The lowest BCUT2D eigenvalue weighted by Gasteiger charge is -2.14. The third-order valence-electron chi connectivity index (χ3n) is 2.57. The minimum absolute atomic E-state index is 0.0810. The Labute approximate surface area is 102 Å². The minimum atomic E-state index is -0.163. The second-order valence-corrected chi connectivity index (χ2v) is 3.82. The minimum Gasteiger partial charge on any atom is -0.380 e. The summed E-state index contributed by atoms with van der Waals surface area (Å²) in [6, 6.07) is 9.65. The van der Waals surface area contributed by atoms with Crippen molar-refractivity contribution < 1.29 is 9.53 Å². The van der Waals surface area contributed by atoms with Gasteiger partial charge in [-0.3, -0.25) is 0 Å². The van der Waals surface area contributed by atoms with E-state index < -0.39 is 0 Å². The molecule has 4 heteroatoms. The monoisotopic (exact) mass is 236 g/mol. The Kier molecular flexibility index (Phi) is 6.10. The molecule has 1 aromatic rings. The number of benzene rings is 1. The van der Waals surface area contributed by atoms with Crippen LogP contribution < -0.4 is 10.6 Å². The van der Waals surface area contributed by atoms with E-state index in [1.807, 2.05) is 37.3 Å². The van der Waals surface area contributed by atoms with Crippen molar-refractivity contribution in [3.63, 3.8) is 0 Å². The summed E-state index contributed by atoms with van der Waals surface area (Å²) in [6.07, 6.45) is 0.965. The fourth-order valence-corrected chi connectivity index (χ4v) is 1.44. The third kappa shape index (κ3) is 5.36. The fraction of sp³-hybridized carbons (Fsp3) is 0.462. The van der Waals surface area contributed by atoms with Gasteiger partial charge in [0, 0.05) is 20.2 Å². The van der Waals surface area contributed by atoms with Crippen molar-refractivity contribution in [3.05, 3.63) is 35.9 Å². The van der Waals surface area contributed by atoms with Crippen molar-refractivity contribution >= 4 is 6.03 Å². The summed E-state index contributed by atoms with van der Waals surface area (Å²) in [5.74, 6) is 0. The Bertz CT molecular complexity index is 323. The van der Waals surface area contributed by atoms with Gasteiger partial charge in [0.05, 0.1) is 6.10 Å². The average Bonchev–Trinajstić information content (AvgIpc) is 2.39. The highest BCUT2D eigenvalue weighted by Gasteiger charge is 2.06. The number of urea groups is 1. The third-order valence-corrected chi connectivity index (χ3v) is 2.57. The fourth-order valence-electron chi connectivity index (χ4n) is 1.44. The Morgan fingerprint density at radius 2 is 2.00 bits per heavy atom. The standard InChI is InChI=1S/C13H20N2O2/c1-3-12(17-2)10-15-13(16)14-9-11-7-5-4-6-8-11/h4-8,12H,3,9-10H2,1-2H3,(H2,14,15,16). The molecule has 17 heavy (non-hydrogen) atoms. The molecule has 0 aliphatic carbocycles. The topological polar surface area (TPSA) is 50.4 Å². The molecule has 0 aliphatic rings. The number of nitrogens with one attached hydrogen (secondary N) is 2. The van der Waals surface area contributed by atoms with Crippen LogP contribution in [-0.2, 0) is 11.3 Å². The molecule has 0 fully saturated rings. The van der Waals surface area contributed by atoms with Crippen LogP contribution in [0.2, 0.25) is 0 Å². The lowest BCUT2D eigenvalue weighted by Crippen LogP contribution is -2.39. The quantitative estimate of drug-likeness (QED) is 0.792. The summed E-state index contributed by atoms with van der Waals surface area (Å²) in [7, 11) is 1.65. The van der Waals surface area contributed by atoms with Gasteiger partial charge in [-0.05, 0) is 12.0 Å². The van der Waals surface area contributed by atoms with Gasteiger partial charge in [0.25, 0.3) is 0 Å². The molecule has 2 amide bonds. The molecule has 0 aliphatic heterocycles. The van der Waals surface area contributed by atoms with Crippen LogP contribution >= 0.6 is 0 Å². The lowest BCUT2D eigenvalue weighted by molar-refractivity contribution is 0.100. The molecule has 1 aromatic carbocycles. The van der Waals surface area contributed by atoms with Crippen molar-refractivity contribution in [2.24, 2.45) is 0 Å². The van der Waals surface area contributed by atoms with E-state index in [4.69, 9.17) is 4.74 Å². The number of rotatable bonds is 6. The predicted octanol–water partition coefficient (Wildman–Crippen LogP) is 1.91. The zero-order valence-electron chi connectivity index (χ0n) is 10.4. The summed E-state index contributed by atoms with van der Waals surface area (Å²) >= 11 is 0. The first-order valence-corrected chi connectivity index (χ1v) is 5.84. The van der Waals surface area contributed by atoms with Gasteiger partial charge in [-0.2, -0.15) is 0 Å². The molecule has 0 saturated heterocycles. The maximum atomic E-state index is 11.5. The highest BCUT2D eigenvalue weighted by atomic mass is 16.5. The van der Waals surface area contributed by atoms with Gasteiger partial charge in [0.2, 0.25) is 0 Å². The van der Waals surface area contributed by atoms with Gasteiger partial charge in [0.15, 0.2) is 0 Å². The number of methoxy groups -OCH3 is 1. The average molecular weight is 236 g/mol. The summed E-state index contributed by atoms with van der Waals surface area (Å²) < 4.78 is 5.17. The van der Waals surface area contributed by atoms with E-state index >= 15 is 0 Å². The molecule has 0 spiro atoms. The van der Waals surface area contributed by atoms with E-state index in [-0.39, 0.29) is 12.1 Å². The second-order valence-electron chi connectivity index (χ2n) is 3.82. The van der Waals surface area contributed by atoms with Gasteiger partial charge < -0.3 is 15.4 Å². The summed E-state index contributed by atoms with van der Waals surface area (Å²) in [4.78, 5) is 11.5. The number of ether oxygens (including phenoxy) is 1. The van der Waals surface area contributed by atoms with E-state index in [0.29, 0.717) is 13.1 Å². The maximum absolute atomic E-state index is 11.5. The SMILES string of the molecule is CCC(CNC(=O)NCc1ccccc1)OC. The van der Waals surface area contributed by atoms with Crippen LogP contribution in [-0.4, -0.2) is 25.8 Å². The Morgan fingerprint density at radius 3 is 2.59 bits per heavy atom. The van der Waals surface area contributed by atoms with Crippen LogP contribution in [0.4, 0.5) is 4.79 Å². The number of carbonyl (C=O) groups is 1. The van der Waals surface area contributed by atoms with E-state index in [2.05, 4.69) is 10.6 Å². The molecule has 2 N–H and O–H groups in total. The van der Waals surface area contributed by atoms with Gasteiger partial charge in [-0.15, -0.1) is 0 Å². The van der Waals surface area contributed by atoms with Crippen LogP contribution in [0.1, 0.15) is 18.9 Å². The first kappa shape index (κ1) is 13.5. The zero-order chi connectivity index (χ0) is 12.5. The molecule has 0 aromatic heterocycles. The van der Waals surface area contributed by atoms with Crippen molar-refractivity contribution in [1.29, 1.82) is 0 Å². The molecular formula is C13H20N2O2. The van der Waals surface area contributed by atoms with Gasteiger partial charge in [-0.25, -0.2) is 4.79 Å².